The number of nitrogens with zero attached hydrogens (tertiary/aromatic N) is 4. The summed E-state index contributed by atoms with van der Waals surface area (Å²) < 4.78 is 7.37. The van der Waals surface area contributed by atoms with Crippen molar-refractivity contribution in [1.29, 1.82) is 0 Å². The normalized spacial score (nSPS) is 18.2. The summed E-state index contributed by atoms with van der Waals surface area (Å²) in [7, 11) is 0. The highest BCUT2D eigenvalue weighted by Crippen LogP contribution is 2.20. The van der Waals surface area contributed by atoms with Gasteiger partial charge < -0.3 is 9.64 Å². The highest BCUT2D eigenvalue weighted by Gasteiger charge is 2.22. The van der Waals surface area contributed by atoms with E-state index in [2.05, 4.69) is 10.2 Å². The lowest BCUT2D eigenvalue weighted by Gasteiger charge is -2.31. The van der Waals surface area contributed by atoms with E-state index in [1.165, 1.54) is 17.3 Å². The molecule has 2 heterocycles. The first-order chi connectivity index (χ1) is 11.1. The average molecular weight is 332 g/mol. The molecule has 1 aliphatic rings. The van der Waals surface area contributed by atoms with Crippen LogP contribution in [0, 0.1) is 6.92 Å². The van der Waals surface area contributed by atoms with E-state index in [0.717, 1.165) is 10.8 Å². The van der Waals surface area contributed by atoms with Gasteiger partial charge in [0.2, 0.25) is 5.91 Å². The van der Waals surface area contributed by atoms with Gasteiger partial charge in [-0.3, -0.25) is 9.36 Å². The molecule has 1 fully saturated rings. The number of rotatable bonds is 4. The standard InChI is InChI=1S/C16H20N4O2S/c1-12-3-5-14(6-4-12)20-11-17-18-16(20)23-10-15(21)19-7-8-22-13(2)9-19/h3-6,11,13H,7-10H2,1-2H3. The van der Waals surface area contributed by atoms with Crippen LogP contribution in [0.5, 0.6) is 0 Å². The van der Waals surface area contributed by atoms with Crippen molar-refractivity contribution in [3.05, 3.63) is 36.2 Å². The van der Waals surface area contributed by atoms with Crippen LogP contribution in [0.4, 0.5) is 0 Å². The zero-order valence-corrected chi connectivity index (χ0v) is 14.1. The third-order valence-corrected chi connectivity index (χ3v) is 4.67. The molecule has 1 amide bonds. The van der Waals surface area contributed by atoms with Crippen LogP contribution in [0.3, 0.4) is 0 Å². The number of carbonyl (C=O) groups excluding carboxylic acids is 1. The molecule has 1 aromatic heterocycles. The fraction of sp³-hybridized carbons (Fsp3) is 0.438. The Labute approximate surface area is 139 Å². The summed E-state index contributed by atoms with van der Waals surface area (Å²) >= 11 is 1.41. The van der Waals surface area contributed by atoms with Crippen LogP contribution in [-0.4, -0.2) is 57.1 Å². The quantitative estimate of drug-likeness (QED) is 0.801. The second-order valence-electron chi connectivity index (χ2n) is 5.63. The van der Waals surface area contributed by atoms with Gasteiger partial charge in [-0.15, -0.1) is 10.2 Å². The Morgan fingerprint density at radius 2 is 2.17 bits per heavy atom. The van der Waals surface area contributed by atoms with E-state index in [1.54, 1.807) is 6.33 Å². The van der Waals surface area contributed by atoms with Gasteiger partial charge in [-0.1, -0.05) is 29.5 Å². The lowest BCUT2D eigenvalue weighted by Crippen LogP contribution is -2.45. The molecule has 122 valence electrons. The number of hydrogen-bond donors (Lipinski definition) is 0. The SMILES string of the molecule is Cc1ccc(-n2cnnc2SCC(=O)N2CCOC(C)C2)cc1. The lowest BCUT2D eigenvalue weighted by atomic mass is 10.2. The second-order valence-corrected chi connectivity index (χ2v) is 6.57. The van der Waals surface area contributed by atoms with E-state index in [-0.39, 0.29) is 12.0 Å². The molecule has 2 aromatic rings. The van der Waals surface area contributed by atoms with Crippen LogP contribution in [0.25, 0.3) is 5.69 Å². The summed E-state index contributed by atoms with van der Waals surface area (Å²) in [5.74, 6) is 0.473. The van der Waals surface area contributed by atoms with Gasteiger partial charge in [0.25, 0.3) is 0 Å². The van der Waals surface area contributed by atoms with Gasteiger partial charge in [-0.25, -0.2) is 0 Å². The molecule has 1 atom stereocenters. The first-order valence-electron chi connectivity index (χ1n) is 7.63. The van der Waals surface area contributed by atoms with E-state index < -0.39 is 0 Å². The smallest absolute Gasteiger partial charge is 0.233 e. The van der Waals surface area contributed by atoms with Crippen LogP contribution >= 0.6 is 11.8 Å². The molecule has 0 aliphatic carbocycles. The fourth-order valence-electron chi connectivity index (χ4n) is 2.47. The molecule has 7 heteroatoms. The van der Waals surface area contributed by atoms with Crippen molar-refractivity contribution in [2.75, 3.05) is 25.4 Å². The van der Waals surface area contributed by atoms with Crippen molar-refractivity contribution >= 4 is 17.7 Å². The van der Waals surface area contributed by atoms with Crippen molar-refractivity contribution in [3.8, 4) is 5.69 Å². The number of amides is 1. The summed E-state index contributed by atoms with van der Waals surface area (Å²) in [6.45, 7) is 5.96. The summed E-state index contributed by atoms with van der Waals surface area (Å²) in [5, 5.41) is 8.82. The number of aromatic nitrogens is 3. The number of aryl methyl sites for hydroxylation is 1. The van der Waals surface area contributed by atoms with Crippen molar-refractivity contribution in [1.82, 2.24) is 19.7 Å². The van der Waals surface area contributed by atoms with Crippen molar-refractivity contribution in [3.63, 3.8) is 0 Å². The Bertz CT molecular complexity index is 671. The molecular weight excluding hydrogens is 312 g/mol. The van der Waals surface area contributed by atoms with E-state index in [9.17, 15) is 4.79 Å². The maximum atomic E-state index is 12.3. The minimum Gasteiger partial charge on any atom is -0.375 e. The van der Waals surface area contributed by atoms with E-state index >= 15 is 0 Å². The Morgan fingerprint density at radius 1 is 1.39 bits per heavy atom. The van der Waals surface area contributed by atoms with Crippen molar-refractivity contribution < 1.29 is 9.53 Å². The minimum absolute atomic E-state index is 0.105. The zero-order chi connectivity index (χ0) is 16.2. The molecule has 0 saturated carbocycles. The molecule has 1 aromatic carbocycles. The van der Waals surface area contributed by atoms with Gasteiger partial charge in [0.1, 0.15) is 6.33 Å². The molecule has 0 N–H and O–H groups in total. The Morgan fingerprint density at radius 3 is 2.91 bits per heavy atom. The maximum absolute atomic E-state index is 12.3. The topological polar surface area (TPSA) is 60.2 Å². The molecule has 23 heavy (non-hydrogen) atoms. The molecule has 3 rings (SSSR count). The zero-order valence-electron chi connectivity index (χ0n) is 13.3. The van der Waals surface area contributed by atoms with Gasteiger partial charge in [0.15, 0.2) is 5.16 Å². The predicted molar refractivity (Wildman–Crippen MR) is 88.8 cm³/mol. The van der Waals surface area contributed by atoms with Gasteiger partial charge >= 0.3 is 0 Å². The summed E-state index contributed by atoms with van der Waals surface area (Å²) in [6.07, 6.45) is 1.78. The summed E-state index contributed by atoms with van der Waals surface area (Å²) in [6, 6.07) is 8.14. The van der Waals surface area contributed by atoms with Crippen LogP contribution in [0.15, 0.2) is 35.7 Å². The highest BCUT2D eigenvalue weighted by atomic mass is 32.2. The number of benzene rings is 1. The molecule has 1 unspecified atom stereocenters. The molecule has 1 saturated heterocycles. The van der Waals surface area contributed by atoms with Gasteiger partial charge in [-0.2, -0.15) is 0 Å². The average Bonchev–Trinajstić information content (AvgIpc) is 3.02. The van der Waals surface area contributed by atoms with Crippen LogP contribution in [0.1, 0.15) is 12.5 Å². The Kier molecular flexibility index (Phi) is 4.97. The largest absolute Gasteiger partial charge is 0.375 e. The number of carbonyl (C=O) groups is 1. The van der Waals surface area contributed by atoms with Crippen molar-refractivity contribution in [2.45, 2.75) is 25.1 Å². The van der Waals surface area contributed by atoms with Gasteiger partial charge in [0.05, 0.1) is 18.5 Å². The third-order valence-electron chi connectivity index (χ3n) is 3.75. The Balaban J connectivity index is 1.64. The number of ether oxygens (including phenoxy) is 1. The number of thioether (sulfide) groups is 1. The molecule has 0 bridgehead atoms. The molecule has 1 aliphatic heterocycles. The number of hydrogen-bond acceptors (Lipinski definition) is 5. The number of morpholine rings is 1. The predicted octanol–water partition coefficient (Wildman–Crippen LogP) is 1.92. The lowest BCUT2D eigenvalue weighted by molar-refractivity contribution is -0.135. The van der Waals surface area contributed by atoms with Crippen LogP contribution < -0.4 is 0 Å². The fourth-order valence-corrected chi connectivity index (χ4v) is 3.30. The molecule has 0 spiro atoms. The van der Waals surface area contributed by atoms with Gasteiger partial charge in [0, 0.05) is 18.8 Å². The minimum atomic E-state index is 0.105. The van der Waals surface area contributed by atoms with E-state index in [1.807, 2.05) is 47.6 Å². The van der Waals surface area contributed by atoms with Crippen LogP contribution in [0.2, 0.25) is 0 Å². The highest BCUT2D eigenvalue weighted by molar-refractivity contribution is 7.99. The first kappa shape index (κ1) is 16.0. The van der Waals surface area contributed by atoms with E-state index in [4.69, 9.17) is 4.74 Å². The summed E-state index contributed by atoms with van der Waals surface area (Å²) in [5.41, 5.74) is 2.20. The first-order valence-corrected chi connectivity index (χ1v) is 8.61. The monoisotopic (exact) mass is 332 g/mol. The van der Waals surface area contributed by atoms with Gasteiger partial charge in [-0.05, 0) is 26.0 Å². The van der Waals surface area contributed by atoms with Crippen molar-refractivity contribution in [2.24, 2.45) is 0 Å². The van der Waals surface area contributed by atoms with Crippen LogP contribution in [-0.2, 0) is 9.53 Å². The second kappa shape index (κ2) is 7.14. The third kappa shape index (κ3) is 3.92. The maximum Gasteiger partial charge on any atom is 0.233 e. The summed E-state index contributed by atoms with van der Waals surface area (Å²) in [4.78, 5) is 14.2. The van der Waals surface area contributed by atoms with E-state index in [0.29, 0.717) is 25.4 Å². The Hall–Kier alpha value is -1.86. The molecule has 6 nitrogen and oxygen atoms in total. The molecule has 0 radical (unpaired) electrons. The molecular formula is C16H20N4O2S.